The second-order valence-corrected chi connectivity index (χ2v) is 10.6. The molecule has 1 unspecified atom stereocenters. The maximum atomic E-state index is 11.7. The second-order valence-electron chi connectivity index (χ2n) is 9.27. The van der Waals surface area contributed by atoms with E-state index in [0.717, 1.165) is 37.6 Å². The Bertz CT molecular complexity index is 563. The molecule has 0 spiro atoms. The first-order chi connectivity index (χ1) is 15.9. The van der Waals surface area contributed by atoms with Crippen molar-refractivity contribution in [2.75, 3.05) is 40.3 Å². The Labute approximate surface area is 206 Å². The van der Waals surface area contributed by atoms with Gasteiger partial charge in [-0.3, -0.25) is 9.50 Å². The number of nitrogens with zero attached hydrogens (tertiary/aromatic N) is 1. The summed E-state index contributed by atoms with van der Waals surface area (Å²) in [6.45, 7) is 10.2. The van der Waals surface area contributed by atoms with Gasteiger partial charge in [0.25, 0.3) is 0 Å². The van der Waals surface area contributed by atoms with Crippen molar-refractivity contribution in [1.29, 1.82) is 0 Å². The van der Waals surface area contributed by atoms with Gasteiger partial charge in [0.05, 0.1) is 26.7 Å². The number of quaternary nitrogens is 1. The molecule has 0 aliphatic rings. The Morgan fingerprint density at radius 1 is 0.788 bits per heavy atom. The van der Waals surface area contributed by atoms with Crippen molar-refractivity contribution in [2.45, 2.75) is 117 Å². The van der Waals surface area contributed by atoms with E-state index in [0.29, 0.717) is 6.54 Å². The smallest absolute Gasteiger partial charge is 0.321 e. The normalized spacial score (nSPS) is 13.7. The van der Waals surface area contributed by atoms with Crippen LogP contribution in [-0.2, 0) is 18.8 Å². The number of hydrogen-bond donors (Lipinski definition) is 1. The summed E-state index contributed by atoms with van der Waals surface area (Å²) < 4.78 is 33.7. The third-order valence-corrected chi connectivity index (χ3v) is 7.68. The summed E-state index contributed by atoms with van der Waals surface area (Å²) in [6.07, 6.45) is 22.5. The van der Waals surface area contributed by atoms with E-state index in [9.17, 15) is 8.42 Å². The van der Waals surface area contributed by atoms with Gasteiger partial charge < -0.3 is 4.48 Å². The Hall–Kier alpha value is -0.470. The summed E-state index contributed by atoms with van der Waals surface area (Å²) in [5, 5.41) is 2.97. The van der Waals surface area contributed by atoms with Crippen LogP contribution in [0.2, 0.25) is 0 Å². The Morgan fingerprint density at radius 3 is 1.73 bits per heavy atom. The van der Waals surface area contributed by atoms with Gasteiger partial charge in [-0.1, -0.05) is 70.4 Å². The molecule has 1 N–H and O–H groups in total. The van der Waals surface area contributed by atoms with Gasteiger partial charge in [-0.05, 0) is 59.4 Å². The number of likely N-dealkylation sites (N-methyl/N-ethyl adjacent to an activating group) is 2. The molecule has 0 saturated heterocycles. The minimum absolute atomic E-state index is 0.580. The minimum atomic E-state index is -3.95. The predicted molar refractivity (Wildman–Crippen MR) is 140 cm³/mol. The van der Waals surface area contributed by atoms with Gasteiger partial charge >= 0.3 is 10.4 Å². The van der Waals surface area contributed by atoms with E-state index in [1.54, 1.807) is 7.05 Å². The molecule has 0 aromatic rings. The maximum Gasteiger partial charge on any atom is 0.401 e. The summed E-state index contributed by atoms with van der Waals surface area (Å²) in [7, 11) is -1.11. The molecule has 6 nitrogen and oxygen atoms in total. The van der Waals surface area contributed by atoms with E-state index < -0.39 is 16.6 Å². The van der Waals surface area contributed by atoms with E-state index in [1.165, 1.54) is 83.5 Å². The monoisotopic (exact) mass is 491 g/mol. The Morgan fingerprint density at radius 2 is 1.27 bits per heavy atom. The molecule has 0 aliphatic carbocycles. The molecule has 0 aromatic carbocycles. The second kappa shape index (κ2) is 20.9. The molecule has 0 rings (SSSR count). The van der Waals surface area contributed by atoms with Gasteiger partial charge in [-0.15, -0.1) is 0 Å². The van der Waals surface area contributed by atoms with Crippen LogP contribution in [0, 0.1) is 0 Å². The molecule has 0 fully saturated rings. The topological polar surface area (TPSA) is 64.6 Å². The van der Waals surface area contributed by atoms with Crippen LogP contribution in [0.1, 0.15) is 111 Å². The van der Waals surface area contributed by atoms with Crippen molar-refractivity contribution in [3.63, 3.8) is 0 Å². The van der Waals surface area contributed by atoms with Crippen LogP contribution in [0.15, 0.2) is 12.2 Å². The molecular weight excluding hydrogens is 436 g/mol. The molecule has 7 heteroatoms. The zero-order chi connectivity index (χ0) is 24.8. The molecule has 0 saturated carbocycles. The van der Waals surface area contributed by atoms with E-state index in [2.05, 4.69) is 42.4 Å². The lowest BCUT2D eigenvalue weighted by Crippen LogP contribution is -2.56. The van der Waals surface area contributed by atoms with Crippen molar-refractivity contribution in [3.8, 4) is 0 Å². The van der Waals surface area contributed by atoms with Gasteiger partial charge in [-0.2, -0.15) is 8.42 Å². The summed E-state index contributed by atoms with van der Waals surface area (Å²) in [6, 6.07) is 0. The zero-order valence-corrected chi connectivity index (χ0v) is 23.3. The number of hydrogen-bond acceptors (Lipinski definition) is 5. The van der Waals surface area contributed by atoms with Crippen LogP contribution in [0.4, 0.5) is 0 Å². The quantitative estimate of drug-likeness (QED) is 0.0739. The summed E-state index contributed by atoms with van der Waals surface area (Å²) >= 11 is 0. The van der Waals surface area contributed by atoms with Crippen LogP contribution in [0.5, 0.6) is 0 Å². The van der Waals surface area contributed by atoms with Crippen molar-refractivity contribution >= 4 is 10.4 Å². The van der Waals surface area contributed by atoms with Gasteiger partial charge in [0.15, 0.2) is 6.23 Å². The SMILES string of the molecule is CCCCCCCC/C=C\CCCCCCCC[N+](CC)(CC)CC(NC)OS(=O)(=O)OC. The van der Waals surface area contributed by atoms with E-state index >= 15 is 0 Å². The van der Waals surface area contributed by atoms with Crippen LogP contribution in [0.25, 0.3) is 0 Å². The standard InChI is InChI=1S/C26H55N2O4S/c1-6-9-10-11-12-13-14-15-16-17-18-19-20-21-22-23-24-28(7-2,8-3)25-26(27-4)32-33(29,30)31-5/h15-16,26-27H,6-14,17-25H2,1-5H3/q+1/b16-15-. The van der Waals surface area contributed by atoms with E-state index in [-0.39, 0.29) is 0 Å². The lowest BCUT2D eigenvalue weighted by Gasteiger charge is -2.39. The third-order valence-electron chi connectivity index (χ3n) is 6.80. The van der Waals surface area contributed by atoms with Crippen LogP contribution >= 0.6 is 0 Å². The highest BCUT2D eigenvalue weighted by Crippen LogP contribution is 2.15. The first-order valence-corrected chi connectivity index (χ1v) is 14.9. The van der Waals surface area contributed by atoms with E-state index in [1.807, 2.05) is 0 Å². The summed E-state index contributed by atoms with van der Waals surface area (Å²) in [5.41, 5.74) is 0. The fourth-order valence-electron chi connectivity index (χ4n) is 4.29. The van der Waals surface area contributed by atoms with Gasteiger partial charge in [0.1, 0.15) is 6.54 Å². The fraction of sp³-hybridized carbons (Fsp3) is 0.923. The molecule has 0 heterocycles. The van der Waals surface area contributed by atoms with Crippen LogP contribution in [0.3, 0.4) is 0 Å². The van der Waals surface area contributed by atoms with Gasteiger partial charge in [0, 0.05) is 0 Å². The minimum Gasteiger partial charge on any atom is -0.321 e. The van der Waals surface area contributed by atoms with Gasteiger partial charge in [0.2, 0.25) is 0 Å². The number of nitrogens with one attached hydrogen (secondary N) is 1. The lowest BCUT2D eigenvalue weighted by molar-refractivity contribution is -0.927. The lowest BCUT2D eigenvalue weighted by atomic mass is 10.1. The number of allylic oxidation sites excluding steroid dienone is 2. The average Bonchev–Trinajstić information content (AvgIpc) is 2.82. The molecule has 0 amide bonds. The summed E-state index contributed by atoms with van der Waals surface area (Å²) in [4.78, 5) is 0. The van der Waals surface area contributed by atoms with Crippen molar-refractivity contribution in [2.24, 2.45) is 0 Å². The summed E-state index contributed by atoms with van der Waals surface area (Å²) in [5.74, 6) is 0. The highest BCUT2D eigenvalue weighted by Gasteiger charge is 2.30. The number of unbranched alkanes of at least 4 members (excludes halogenated alkanes) is 12. The average molecular weight is 492 g/mol. The zero-order valence-electron chi connectivity index (χ0n) is 22.4. The van der Waals surface area contributed by atoms with E-state index in [4.69, 9.17) is 4.18 Å². The Balaban J connectivity index is 3.94. The molecule has 0 radical (unpaired) electrons. The molecule has 0 aromatic heterocycles. The third kappa shape index (κ3) is 17.6. The maximum absolute atomic E-state index is 11.7. The molecule has 0 bridgehead atoms. The van der Waals surface area contributed by atoms with Crippen LogP contribution in [-0.4, -0.2) is 59.5 Å². The molecule has 1 atom stereocenters. The van der Waals surface area contributed by atoms with Crippen molar-refractivity contribution < 1.29 is 21.3 Å². The molecule has 198 valence electrons. The fourth-order valence-corrected chi connectivity index (χ4v) is 4.81. The van der Waals surface area contributed by atoms with Gasteiger partial charge in [-0.25, -0.2) is 4.18 Å². The highest BCUT2D eigenvalue weighted by molar-refractivity contribution is 7.81. The van der Waals surface area contributed by atoms with Crippen LogP contribution < -0.4 is 5.32 Å². The molecular formula is C26H55N2O4S+. The van der Waals surface area contributed by atoms with Crippen molar-refractivity contribution in [3.05, 3.63) is 12.2 Å². The molecule has 0 aliphatic heterocycles. The highest BCUT2D eigenvalue weighted by atomic mass is 32.3. The Kier molecular flexibility index (Phi) is 20.6. The van der Waals surface area contributed by atoms with Crippen molar-refractivity contribution in [1.82, 2.24) is 5.32 Å². The first-order valence-electron chi connectivity index (χ1n) is 13.5. The number of rotatable bonds is 24. The predicted octanol–water partition coefficient (Wildman–Crippen LogP) is 6.33. The first kappa shape index (κ1) is 32.5. The molecule has 33 heavy (non-hydrogen) atoms. The largest absolute Gasteiger partial charge is 0.401 e.